The molecule has 21 heavy (non-hydrogen) atoms. The van der Waals surface area contributed by atoms with E-state index in [4.69, 9.17) is 4.42 Å². The molecule has 2 heteroatoms. The van der Waals surface area contributed by atoms with E-state index in [2.05, 4.69) is 70.3 Å². The van der Waals surface area contributed by atoms with Gasteiger partial charge in [0.1, 0.15) is 5.76 Å². The third-order valence-corrected chi connectivity index (χ3v) is 4.28. The smallest absolute Gasteiger partial charge is 0.125 e. The summed E-state index contributed by atoms with van der Waals surface area (Å²) in [6.45, 7) is 11.9. The first-order valence-electron chi connectivity index (χ1n) is 7.84. The minimum absolute atomic E-state index is 0.233. The van der Waals surface area contributed by atoms with Crippen molar-refractivity contribution >= 4 is 0 Å². The van der Waals surface area contributed by atoms with Gasteiger partial charge in [-0.1, -0.05) is 58.9 Å². The fourth-order valence-electron chi connectivity index (χ4n) is 2.34. The van der Waals surface area contributed by atoms with Crippen LogP contribution in [0.4, 0.5) is 0 Å². The largest absolute Gasteiger partial charge is 0.467 e. The van der Waals surface area contributed by atoms with Crippen LogP contribution in [0, 0.1) is 0 Å². The van der Waals surface area contributed by atoms with E-state index in [1.54, 1.807) is 6.26 Å². The van der Waals surface area contributed by atoms with Crippen LogP contribution < -0.4 is 5.32 Å². The summed E-state index contributed by atoms with van der Waals surface area (Å²) in [5.41, 5.74) is 4.03. The molecule has 2 aromatic rings. The van der Waals surface area contributed by atoms with Crippen LogP contribution in [-0.4, -0.2) is 6.04 Å². The maximum atomic E-state index is 5.63. The highest BCUT2D eigenvalue weighted by atomic mass is 16.3. The highest BCUT2D eigenvalue weighted by Gasteiger charge is 2.18. The molecule has 0 radical (unpaired) electrons. The maximum absolute atomic E-state index is 5.63. The Balaban J connectivity index is 2.22. The molecule has 0 unspecified atom stereocenters. The van der Waals surface area contributed by atoms with Crippen LogP contribution in [0.5, 0.6) is 0 Å². The quantitative estimate of drug-likeness (QED) is 0.795. The summed E-state index contributed by atoms with van der Waals surface area (Å²) in [5.74, 6) is 1.01. The lowest BCUT2D eigenvalue weighted by molar-refractivity contribution is 0.466. The second-order valence-electron chi connectivity index (χ2n) is 6.61. The first-order valence-corrected chi connectivity index (χ1v) is 7.84. The minimum Gasteiger partial charge on any atom is -0.467 e. The summed E-state index contributed by atoms with van der Waals surface area (Å²) in [4.78, 5) is 0. The van der Waals surface area contributed by atoms with Gasteiger partial charge in [-0.2, -0.15) is 0 Å². The summed E-state index contributed by atoms with van der Waals surface area (Å²) in [5, 5.41) is 3.41. The normalized spacial score (nSPS) is 12.1. The van der Waals surface area contributed by atoms with Crippen molar-refractivity contribution in [1.29, 1.82) is 0 Å². The summed E-state index contributed by atoms with van der Waals surface area (Å²) in [6, 6.07) is 11.4. The third kappa shape index (κ3) is 3.76. The molecule has 0 spiro atoms. The van der Waals surface area contributed by atoms with E-state index < -0.39 is 0 Å². The number of nitrogens with one attached hydrogen (secondary N) is 1. The van der Waals surface area contributed by atoms with Gasteiger partial charge in [-0.3, -0.25) is 0 Å². The van der Waals surface area contributed by atoms with Crippen molar-refractivity contribution in [2.45, 2.75) is 59.0 Å². The van der Waals surface area contributed by atoms with Gasteiger partial charge in [0.25, 0.3) is 0 Å². The van der Waals surface area contributed by atoms with Gasteiger partial charge in [0.05, 0.1) is 12.8 Å². The van der Waals surface area contributed by atoms with Crippen molar-refractivity contribution in [3.8, 4) is 11.1 Å². The standard InChI is InChI=1S/C19H27NO/c1-6-19(4,5)16-9-7-15(8-10-16)17-11-12-21-18(17)13-20-14(2)3/h7-12,14,20H,6,13H2,1-5H3. The van der Waals surface area contributed by atoms with Gasteiger partial charge in [-0.25, -0.2) is 0 Å². The second kappa shape index (κ2) is 6.48. The van der Waals surface area contributed by atoms with Gasteiger partial charge in [0, 0.05) is 11.6 Å². The predicted octanol–water partition coefficient (Wildman–Crippen LogP) is 5.13. The molecule has 1 aromatic carbocycles. The zero-order valence-corrected chi connectivity index (χ0v) is 13.9. The van der Waals surface area contributed by atoms with Crippen LogP contribution in [0.1, 0.15) is 52.4 Å². The predicted molar refractivity (Wildman–Crippen MR) is 89.4 cm³/mol. The summed E-state index contributed by atoms with van der Waals surface area (Å²) in [7, 11) is 0. The fourth-order valence-corrected chi connectivity index (χ4v) is 2.34. The maximum Gasteiger partial charge on any atom is 0.125 e. The Bertz CT molecular complexity index is 564. The Morgan fingerprint density at radius 3 is 2.33 bits per heavy atom. The number of rotatable bonds is 6. The van der Waals surface area contributed by atoms with Crippen molar-refractivity contribution in [3.05, 3.63) is 47.9 Å². The molecule has 0 amide bonds. The number of hydrogen-bond donors (Lipinski definition) is 1. The molecule has 1 aromatic heterocycles. The Kier molecular flexibility index (Phi) is 4.89. The molecule has 0 saturated heterocycles. The van der Waals surface area contributed by atoms with Gasteiger partial charge in [0.2, 0.25) is 0 Å². The van der Waals surface area contributed by atoms with Gasteiger partial charge in [-0.15, -0.1) is 0 Å². The molecule has 0 aliphatic heterocycles. The highest BCUT2D eigenvalue weighted by molar-refractivity contribution is 5.65. The van der Waals surface area contributed by atoms with Crippen LogP contribution >= 0.6 is 0 Å². The van der Waals surface area contributed by atoms with E-state index in [1.807, 2.05) is 0 Å². The van der Waals surface area contributed by atoms with Crippen molar-refractivity contribution in [1.82, 2.24) is 5.32 Å². The van der Waals surface area contributed by atoms with Crippen molar-refractivity contribution in [2.75, 3.05) is 0 Å². The van der Waals surface area contributed by atoms with Crippen LogP contribution in [0.3, 0.4) is 0 Å². The molecule has 0 bridgehead atoms. The Labute approximate surface area is 128 Å². The van der Waals surface area contributed by atoms with Gasteiger partial charge < -0.3 is 9.73 Å². The SMILES string of the molecule is CCC(C)(C)c1ccc(-c2ccoc2CNC(C)C)cc1. The lowest BCUT2D eigenvalue weighted by Gasteiger charge is -2.23. The molecule has 0 aliphatic carbocycles. The summed E-state index contributed by atoms with van der Waals surface area (Å²) < 4.78 is 5.63. The topological polar surface area (TPSA) is 25.2 Å². The number of furan rings is 1. The van der Waals surface area contributed by atoms with Crippen molar-refractivity contribution < 1.29 is 4.42 Å². The van der Waals surface area contributed by atoms with E-state index in [-0.39, 0.29) is 5.41 Å². The molecule has 0 atom stereocenters. The van der Waals surface area contributed by atoms with Gasteiger partial charge >= 0.3 is 0 Å². The van der Waals surface area contributed by atoms with E-state index >= 15 is 0 Å². The summed E-state index contributed by atoms with van der Waals surface area (Å²) in [6.07, 6.45) is 2.91. The van der Waals surface area contributed by atoms with Crippen LogP contribution in [0.15, 0.2) is 41.0 Å². The zero-order chi connectivity index (χ0) is 15.5. The molecule has 114 valence electrons. The van der Waals surface area contributed by atoms with Crippen molar-refractivity contribution in [2.24, 2.45) is 0 Å². The molecule has 0 aliphatic rings. The van der Waals surface area contributed by atoms with E-state index in [0.717, 1.165) is 18.7 Å². The Morgan fingerprint density at radius 1 is 1.10 bits per heavy atom. The molecule has 0 saturated carbocycles. The highest BCUT2D eigenvalue weighted by Crippen LogP contribution is 2.30. The average Bonchev–Trinajstić information content (AvgIpc) is 2.93. The number of hydrogen-bond acceptors (Lipinski definition) is 2. The van der Waals surface area contributed by atoms with Crippen LogP contribution in [0.2, 0.25) is 0 Å². The second-order valence-corrected chi connectivity index (χ2v) is 6.61. The first kappa shape index (κ1) is 15.8. The third-order valence-electron chi connectivity index (χ3n) is 4.28. The molecule has 1 heterocycles. The lowest BCUT2D eigenvalue weighted by atomic mass is 9.82. The molecular weight excluding hydrogens is 258 g/mol. The summed E-state index contributed by atoms with van der Waals surface area (Å²) >= 11 is 0. The van der Waals surface area contributed by atoms with Crippen molar-refractivity contribution in [3.63, 3.8) is 0 Å². The lowest BCUT2D eigenvalue weighted by Crippen LogP contribution is -2.21. The molecular formula is C19H27NO. The van der Waals surface area contributed by atoms with Gasteiger partial charge in [0.15, 0.2) is 0 Å². The van der Waals surface area contributed by atoms with E-state index in [9.17, 15) is 0 Å². The first-order chi connectivity index (χ1) is 9.94. The fraction of sp³-hybridized carbons (Fsp3) is 0.474. The molecule has 2 nitrogen and oxygen atoms in total. The van der Waals surface area contributed by atoms with Gasteiger partial charge in [-0.05, 0) is 29.0 Å². The van der Waals surface area contributed by atoms with Crippen LogP contribution in [0.25, 0.3) is 11.1 Å². The number of benzene rings is 1. The average molecular weight is 285 g/mol. The van der Waals surface area contributed by atoms with Crippen LogP contribution in [-0.2, 0) is 12.0 Å². The minimum atomic E-state index is 0.233. The monoisotopic (exact) mass is 285 g/mol. The zero-order valence-electron chi connectivity index (χ0n) is 13.9. The Morgan fingerprint density at radius 2 is 1.76 bits per heavy atom. The van der Waals surface area contributed by atoms with E-state index in [0.29, 0.717) is 6.04 Å². The molecule has 1 N–H and O–H groups in total. The van der Waals surface area contributed by atoms with E-state index in [1.165, 1.54) is 16.7 Å². The molecule has 0 fully saturated rings. The Hall–Kier alpha value is -1.54. The molecule has 2 rings (SSSR count).